The van der Waals surface area contributed by atoms with Crippen LogP contribution in [0.3, 0.4) is 0 Å². The Morgan fingerprint density at radius 2 is 2.18 bits per heavy atom. The minimum Gasteiger partial charge on any atom is -0.490 e. The van der Waals surface area contributed by atoms with Crippen molar-refractivity contribution < 1.29 is 4.74 Å². The van der Waals surface area contributed by atoms with E-state index in [-0.39, 0.29) is 0 Å². The molecule has 0 aromatic heterocycles. The van der Waals surface area contributed by atoms with E-state index in [1.54, 1.807) is 0 Å². The zero-order valence-corrected chi connectivity index (χ0v) is 11.3. The van der Waals surface area contributed by atoms with E-state index < -0.39 is 0 Å². The maximum atomic E-state index is 5.90. The lowest BCUT2D eigenvalue weighted by Crippen LogP contribution is -2.31. The maximum Gasteiger partial charge on any atom is 0.124 e. The second-order valence-corrected chi connectivity index (χ2v) is 5.23. The summed E-state index contributed by atoms with van der Waals surface area (Å²) >= 11 is 0. The minimum absolute atomic E-state index is 0.302. The Morgan fingerprint density at radius 3 is 2.82 bits per heavy atom. The fourth-order valence-electron chi connectivity index (χ4n) is 2.47. The van der Waals surface area contributed by atoms with E-state index in [1.807, 2.05) is 0 Å². The third-order valence-electron chi connectivity index (χ3n) is 3.42. The summed E-state index contributed by atoms with van der Waals surface area (Å²) in [5.74, 6) is 1.63. The number of benzene rings is 1. The summed E-state index contributed by atoms with van der Waals surface area (Å²) in [6.45, 7) is 9.77. The van der Waals surface area contributed by atoms with Crippen LogP contribution in [-0.4, -0.2) is 12.6 Å². The summed E-state index contributed by atoms with van der Waals surface area (Å²) in [6.07, 6.45) is 1.36. The molecular formula is C15H23NO. The van der Waals surface area contributed by atoms with E-state index in [1.165, 1.54) is 11.1 Å². The number of hydrogen-bond acceptors (Lipinski definition) is 2. The number of rotatable bonds is 3. The van der Waals surface area contributed by atoms with Gasteiger partial charge < -0.3 is 10.1 Å². The van der Waals surface area contributed by atoms with Crippen molar-refractivity contribution in [3.05, 3.63) is 29.3 Å². The summed E-state index contributed by atoms with van der Waals surface area (Å²) in [4.78, 5) is 0. The Morgan fingerprint density at radius 1 is 1.41 bits per heavy atom. The van der Waals surface area contributed by atoms with Gasteiger partial charge in [0, 0.05) is 18.0 Å². The van der Waals surface area contributed by atoms with Crippen molar-refractivity contribution in [1.29, 1.82) is 0 Å². The third kappa shape index (κ3) is 2.63. The summed E-state index contributed by atoms with van der Waals surface area (Å²) in [5, 5.41) is 3.56. The Hall–Kier alpha value is -1.02. The molecule has 17 heavy (non-hydrogen) atoms. The summed E-state index contributed by atoms with van der Waals surface area (Å²) < 4.78 is 5.90. The van der Waals surface area contributed by atoms with Gasteiger partial charge in [0.05, 0.1) is 6.10 Å². The standard InChI is InChI=1S/C15H23NO/c1-5-16-14-8-11(4)17-15-7-6-12(10(2)3)9-13(14)15/h6-7,9-11,14,16H,5,8H2,1-4H3. The van der Waals surface area contributed by atoms with Gasteiger partial charge in [0.2, 0.25) is 0 Å². The minimum atomic E-state index is 0.302. The van der Waals surface area contributed by atoms with E-state index in [2.05, 4.69) is 51.2 Å². The molecule has 0 saturated carbocycles. The Kier molecular flexibility index (Phi) is 3.72. The van der Waals surface area contributed by atoms with Crippen molar-refractivity contribution in [2.75, 3.05) is 6.54 Å². The lowest BCUT2D eigenvalue weighted by Gasteiger charge is -2.31. The van der Waals surface area contributed by atoms with Crippen LogP contribution in [0, 0.1) is 0 Å². The first kappa shape index (κ1) is 12.4. The van der Waals surface area contributed by atoms with Gasteiger partial charge in [-0.2, -0.15) is 0 Å². The molecular weight excluding hydrogens is 210 g/mol. The van der Waals surface area contributed by atoms with Gasteiger partial charge in [-0.25, -0.2) is 0 Å². The molecule has 94 valence electrons. The average Bonchev–Trinajstić information content (AvgIpc) is 2.28. The van der Waals surface area contributed by atoms with Crippen LogP contribution in [0.5, 0.6) is 5.75 Å². The van der Waals surface area contributed by atoms with Crippen LogP contribution in [0.2, 0.25) is 0 Å². The Labute approximate surface area is 104 Å². The highest BCUT2D eigenvalue weighted by atomic mass is 16.5. The molecule has 2 heteroatoms. The van der Waals surface area contributed by atoms with E-state index in [4.69, 9.17) is 4.74 Å². The van der Waals surface area contributed by atoms with Crippen LogP contribution >= 0.6 is 0 Å². The number of ether oxygens (including phenoxy) is 1. The molecule has 0 saturated heterocycles. The molecule has 1 N–H and O–H groups in total. The molecule has 2 nitrogen and oxygen atoms in total. The van der Waals surface area contributed by atoms with Crippen molar-refractivity contribution in [3.63, 3.8) is 0 Å². The summed E-state index contributed by atoms with van der Waals surface area (Å²) in [6, 6.07) is 7.06. The smallest absolute Gasteiger partial charge is 0.124 e. The second kappa shape index (κ2) is 5.09. The third-order valence-corrected chi connectivity index (χ3v) is 3.42. The molecule has 1 aromatic carbocycles. The normalized spacial score (nSPS) is 23.4. The van der Waals surface area contributed by atoms with Gasteiger partial charge in [-0.3, -0.25) is 0 Å². The fraction of sp³-hybridized carbons (Fsp3) is 0.600. The van der Waals surface area contributed by atoms with Crippen LogP contribution < -0.4 is 10.1 Å². The Bertz CT molecular complexity index is 387. The maximum absolute atomic E-state index is 5.90. The lowest BCUT2D eigenvalue weighted by atomic mass is 9.92. The quantitative estimate of drug-likeness (QED) is 0.860. The predicted molar refractivity (Wildman–Crippen MR) is 71.7 cm³/mol. The summed E-state index contributed by atoms with van der Waals surface area (Å²) in [7, 11) is 0. The summed E-state index contributed by atoms with van der Waals surface area (Å²) in [5.41, 5.74) is 2.72. The Balaban J connectivity index is 2.35. The molecule has 1 heterocycles. The van der Waals surface area contributed by atoms with Gasteiger partial charge >= 0.3 is 0 Å². The van der Waals surface area contributed by atoms with Crippen molar-refractivity contribution in [2.24, 2.45) is 0 Å². The number of fused-ring (bicyclic) bond motifs is 1. The van der Waals surface area contributed by atoms with Crippen LogP contribution in [0.4, 0.5) is 0 Å². The molecule has 0 fully saturated rings. The second-order valence-electron chi connectivity index (χ2n) is 5.23. The molecule has 0 bridgehead atoms. The highest BCUT2D eigenvalue weighted by Crippen LogP contribution is 2.36. The van der Waals surface area contributed by atoms with Gasteiger partial charge in [0.1, 0.15) is 5.75 Å². The first-order chi connectivity index (χ1) is 8.11. The first-order valence-electron chi connectivity index (χ1n) is 6.65. The van der Waals surface area contributed by atoms with Crippen molar-refractivity contribution in [1.82, 2.24) is 5.32 Å². The largest absolute Gasteiger partial charge is 0.490 e. The molecule has 0 aliphatic carbocycles. The van der Waals surface area contributed by atoms with Gasteiger partial charge in [0.25, 0.3) is 0 Å². The topological polar surface area (TPSA) is 21.3 Å². The molecule has 2 atom stereocenters. The van der Waals surface area contributed by atoms with Crippen LogP contribution in [0.25, 0.3) is 0 Å². The van der Waals surface area contributed by atoms with E-state index >= 15 is 0 Å². The molecule has 0 amide bonds. The molecule has 1 aliphatic rings. The molecule has 2 unspecified atom stereocenters. The van der Waals surface area contributed by atoms with Crippen molar-refractivity contribution in [3.8, 4) is 5.75 Å². The van der Waals surface area contributed by atoms with Crippen LogP contribution in [0.15, 0.2) is 18.2 Å². The van der Waals surface area contributed by atoms with Gasteiger partial charge in [0.15, 0.2) is 0 Å². The predicted octanol–water partition coefficient (Wildman–Crippen LogP) is 3.63. The van der Waals surface area contributed by atoms with Crippen molar-refractivity contribution in [2.45, 2.75) is 52.2 Å². The van der Waals surface area contributed by atoms with Crippen molar-refractivity contribution >= 4 is 0 Å². The van der Waals surface area contributed by atoms with Gasteiger partial charge in [-0.05, 0) is 31.0 Å². The number of nitrogens with one attached hydrogen (secondary N) is 1. The van der Waals surface area contributed by atoms with Crippen LogP contribution in [0.1, 0.15) is 57.2 Å². The van der Waals surface area contributed by atoms with Gasteiger partial charge in [-0.15, -0.1) is 0 Å². The monoisotopic (exact) mass is 233 g/mol. The van der Waals surface area contributed by atoms with E-state index in [0.29, 0.717) is 18.1 Å². The van der Waals surface area contributed by atoms with E-state index in [9.17, 15) is 0 Å². The molecule has 2 rings (SSSR count). The van der Waals surface area contributed by atoms with Gasteiger partial charge in [-0.1, -0.05) is 32.9 Å². The molecule has 0 radical (unpaired) electrons. The zero-order valence-electron chi connectivity index (χ0n) is 11.3. The van der Waals surface area contributed by atoms with Crippen LogP contribution in [-0.2, 0) is 0 Å². The molecule has 1 aliphatic heterocycles. The average molecular weight is 233 g/mol. The highest BCUT2D eigenvalue weighted by molar-refractivity contribution is 5.42. The SMILES string of the molecule is CCNC1CC(C)Oc2ccc(C(C)C)cc21. The van der Waals surface area contributed by atoms with E-state index in [0.717, 1.165) is 18.7 Å². The number of hydrogen-bond donors (Lipinski definition) is 1. The molecule has 0 spiro atoms. The molecule has 1 aromatic rings. The zero-order chi connectivity index (χ0) is 12.4. The highest BCUT2D eigenvalue weighted by Gasteiger charge is 2.25. The lowest BCUT2D eigenvalue weighted by molar-refractivity contribution is 0.167. The fourth-order valence-corrected chi connectivity index (χ4v) is 2.47. The first-order valence-corrected chi connectivity index (χ1v) is 6.65.